The largest absolute Gasteiger partial charge is 0.465 e. The lowest BCUT2D eigenvalue weighted by Crippen LogP contribution is -2.04. The number of para-hydroxylation sites is 2. The van der Waals surface area contributed by atoms with Crippen molar-refractivity contribution in [2.75, 3.05) is 18.2 Å². The number of hydrogen-bond donors (Lipinski definition) is 2. The SMILES string of the molecule is COC(=O)c1ccc(CNc2ccccc2N)cc1. The van der Waals surface area contributed by atoms with E-state index in [1.807, 2.05) is 36.4 Å². The number of anilines is 2. The van der Waals surface area contributed by atoms with Gasteiger partial charge in [-0.05, 0) is 29.8 Å². The van der Waals surface area contributed by atoms with Crippen LogP contribution in [0.1, 0.15) is 15.9 Å². The summed E-state index contributed by atoms with van der Waals surface area (Å²) in [6, 6.07) is 14.9. The van der Waals surface area contributed by atoms with Crippen LogP contribution in [0.3, 0.4) is 0 Å². The molecule has 2 aromatic carbocycles. The van der Waals surface area contributed by atoms with E-state index >= 15 is 0 Å². The van der Waals surface area contributed by atoms with Crippen molar-refractivity contribution in [3.63, 3.8) is 0 Å². The summed E-state index contributed by atoms with van der Waals surface area (Å²) in [4.78, 5) is 11.3. The van der Waals surface area contributed by atoms with Gasteiger partial charge in [0, 0.05) is 6.54 Å². The van der Waals surface area contributed by atoms with Crippen LogP contribution in [0.25, 0.3) is 0 Å². The van der Waals surface area contributed by atoms with Gasteiger partial charge in [-0.3, -0.25) is 0 Å². The van der Waals surface area contributed by atoms with Crippen LogP contribution < -0.4 is 11.1 Å². The molecule has 4 nitrogen and oxygen atoms in total. The molecule has 0 aromatic heterocycles. The van der Waals surface area contributed by atoms with Gasteiger partial charge in [-0.15, -0.1) is 0 Å². The summed E-state index contributed by atoms with van der Waals surface area (Å²) < 4.78 is 4.65. The van der Waals surface area contributed by atoms with Crippen LogP contribution in [0, 0.1) is 0 Å². The smallest absolute Gasteiger partial charge is 0.337 e. The molecule has 0 aliphatic heterocycles. The van der Waals surface area contributed by atoms with Gasteiger partial charge >= 0.3 is 5.97 Å². The van der Waals surface area contributed by atoms with Gasteiger partial charge in [0.05, 0.1) is 24.0 Å². The molecular formula is C15H16N2O2. The summed E-state index contributed by atoms with van der Waals surface area (Å²) >= 11 is 0. The molecule has 0 spiro atoms. The maximum Gasteiger partial charge on any atom is 0.337 e. The predicted molar refractivity (Wildman–Crippen MR) is 76.0 cm³/mol. The van der Waals surface area contributed by atoms with Crippen molar-refractivity contribution in [1.82, 2.24) is 0 Å². The highest BCUT2D eigenvalue weighted by atomic mass is 16.5. The Balaban J connectivity index is 2.01. The molecule has 19 heavy (non-hydrogen) atoms. The zero-order valence-electron chi connectivity index (χ0n) is 10.7. The van der Waals surface area contributed by atoms with Crippen molar-refractivity contribution in [3.8, 4) is 0 Å². The predicted octanol–water partition coefficient (Wildman–Crippen LogP) is 2.67. The molecule has 0 atom stereocenters. The molecule has 0 fully saturated rings. The third-order valence-corrected chi connectivity index (χ3v) is 2.82. The van der Waals surface area contributed by atoms with Gasteiger partial charge in [0.2, 0.25) is 0 Å². The lowest BCUT2D eigenvalue weighted by Gasteiger charge is -2.09. The van der Waals surface area contributed by atoms with E-state index in [4.69, 9.17) is 5.73 Å². The average Bonchev–Trinajstić information content (AvgIpc) is 2.46. The number of carbonyl (C=O) groups excluding carboxylic acids is 1. The van der Waals surface area contributed by atoms with Crippen LogP contribution >= 0.6 is 0 Å². The van der Waals surface area contributed by atoms with Crippen molar-refractivity contribution in [3.05, 3.63) is 59.7 Å². The molecule has 4 heteroatoms. The fourth-order valence-electron chi connectivity index (χ4n) is 1.73. The minimum atomic E-state index is -0.327. The van der Waals surface area contributed by atoms with E-state index in [-0.39, 0.29) is 5.97 Å². The fraction of sp³-hybridized carbons (Fsp3) is 0.133. The van der Waals surface area contributed by atoms with E-state index in [0.717, 1.165) is 11.3 Å². The molecule has 2 aromatic rings. The Hall–Kier alpha value is -2.49. The van der Waals surface area contributed by atoms with Gasteiger partial charge < -0.3 is 15.8 Å². The van der Waals surface area contributed by atoms with Crippen LogP contribution in [0.4, 0.5) is 11.4 Å². The first-order valence-corrected chi connectivity index (χ1v) is 5.96. The zero-order chi connectivity index (χ0) is 13.7. The van der Waals surface area contributed by atoms with Crippen molar-refractivity contribution in [2.24, 2.45) is 0 Å². The Morgan fingerprint density at radius 1 is 1.16 bits per heavy atom. The quantitative estimate of drug-likeness (QED) is 0.652. The zero-order valence-corrected chi connectivity index (χ0v) is 10.7. The number of nitrogens with one attached hydrogen (secondary N) is 1. The topological polar surface area (TPSA) is 64.3 Å². The van der Waals surface area contributed by atoms with Gasteiger partial charge in [0.15, 0.2) is 0 Å². The standard InChI is InChI=1S/C15H16N2O2/c1-19-15(18)12-8-6-11(7-9-12)10-17-14-5-3-2-4-13(14)16/h2-9,17H,10,16H2,1H3. The summed E-state index contributed by atoms with van der Waals surface area (Å²) in [6.45, 7) is 0.648. The first-order valence-electron chi connectivity index (χ1n) is 5.96. The van der Waals surface area contributed by atoms with Crippen molar-refractivity contribution < 1.29 is 9.53 Å². The summed E-state index contributed by atoms with van der Waals surface area (Å²) in [5, 5.41) is 3.25. The Bertz CT molecular complexity index is 565. The highest BCUT2D eigenvalue weighted by Gasteiger charge is 2.04. The van der Waals surface area contributed by atoms with E-state index in [9.17, 15) is 4.79 Å². The summed E-state index contributed by atoms with van der Waals surface area (Å²) in [5.41, 5.74) is 9.07. The number of ether oxygens (including phenoxy) is 1. The second-order valence-electron chi connectivity index (χ2n) is 4.13. The lowest BCUT2D eigenvalue weighted by atomic mass is 10.1. The minimum Gasteiger partial charge on any atom is -0.465 e. The van der Waals surface area contributed by atoms with Crippen LogP contribution in [0.5, 0.6) is 0 Å². The maximum atomic E-state index is 11.3. The molecule has 0 radical (unpaired) electrons. The highest BCUT2D eigenvalue weighted by Crippen LogP contribution is 2.17. The van der Waals surface area contributed by atoms with Gasteiger partial charge in [-0.1, -0.05) is 24.3 Å². The number of methoxy groups -OCH3 is 1. The number of nitrogen functional groups attached to an aromatic ring is 1. The van der Waals surface area contributed by atoms with Crippen molar-refractivity contribution >= 4 is 17.3 Å². The van der Waals surface area contributed by atoms with Gasteiger partial charge in [-0.25, -0.2) is 4.79 Å². The van der Waals surface area contributed by atoms with Gasteiger partial charge in [0.25, 0.3) is 0 Å². The monoisotopic (exact) mass is 256 g/mol. The number of nitrogens with two attached hydrogens (primary N) is 1. The van der Waals surface area contributed by atoms with Crippen LogP contribution in [0.2, 0.25) is 0 Å². The van der Waals surface area contributed by atoms with Crippen LogP contribution in [0.15, 0.2) is 48.5 Å². The van der Waals surface area contributed by atoms with E-state index < -0.39 is 0 Å². The van der Waals surface area contributed by atoms with Gasteiger partial charge in [0.1, 0.15) is 0 Å². The Kier molecular flexibility index (Phi) is 4.03. The molecule has 0 heterocycles. The maximum absolute atomic E-state index is 11.3. The summed E-state index contributed by atoms with van der Waals surface area (Å²) in [7, 11) is 1.37. The molecule has 0 bridgehead atoms. The number of rotatable bonds is 4. The third-order valence-electron chi connectivity index (χ3n) is 2.82. The Labute approximate surface area is 112 Å². The van der Waals surface area contributed by atoms with Gasteiger partial charge in [-0.2, -0.15) is 0 Å². The molecule has 3 N–H and O–H groups in total. The summed E-state index contributed by atoms with van der Waals surface area (Å²) in [6.07, 6.45) is 0. The molecule has 0 amide bonds. The van der Waals surface area contributed by atoms with E-state index in [1.165, 1.54) is 7.11 Å². The molecule has 0 unspecified atom stereocenters. The van der Waals surface area contributed by atoms with E-state index in [2.05, 4.69) is 10.1 Å². The number of carbonyl (C=O) groups is 1. The molecule has 0 aliphatic rings. The van der Waals surface area contributed by atoms with E-state index in [1.54, 1.807) is 12.1 Å². The molecule has 0 saturated heterocycles. The normalized spacial score (nSPS) is 9.95. The molecule has 0 saturated carbocycles. The van der Waals surface area contributed by atoms with Crippen molar-refractivity contribution in [2.45, 2.75) is 6.54 Å². The molecule has 98 valence electrons. The minimum absolute atomic E-state index is 0.327. The third kappa shape index (κ3) is 3.25. The highest BCUT2D eigenvalue weighted by molar-refractivity contribution is 5.89. The van der Waals surface area contributed by atoms with Crippen LogP contribution in [-0.2, 0) is 11.3 Å². The molecular weight excluding hydrogens is 240 g/mol. The first kappa shape index (κ1) is 13.0. The average molecular weight is 256 g/mol. The second-order valence-corrected chi connectivity index (χ2v) is 4.13. The Morgan fingerprint density at radius 3 is 2.47 bits per heavy atom. The lowest BCUT2D eigenvalue weighted by molar-refractivity contribution is 0.0600. The number of benzene rings is 2. The van der Waals surface area contributed by atoms with E-state index in [0.29, 0.717) is 17.8 Å². The summed E-state index contributed by atoms with van der Waals surface area (Å²) in [5.74, 6) is -0.327. The van der Waals surface area contributed by atoms with Crippen LogP contribution in [-0.4, -0.2) is 13.1 Å². The number of hydrogen-bond acceptors (Lipinski definition) is 4. The Morgan fingerprint density at radius 2 is 1.84 bits per heavy atom. The number of esters is 1. The first-order chi connectivity index (χ1) is 9.20. The molecule has 0 aliphatic carbocycles. The second kappa shape index (κ2) is 5.91. The fourth-order valence-corrected chi connectivity index (χ4v) is 1.73. The molecule has 2 rings (SSSR count). The van der Waals surface area contributed by atoms with Crippen molar-refractivity contribution in [1.29, 1.82) is 0 Å².